The molecule has 0 saturated carbocycles. The van der Waals surface area contributed by atoms with Crippen molar-refractivity contribution in [2.75, 3.05) is 39.6 Å². The maximum atomic E-state index is 11.4. The first-order chi connectivity index (χ1) is 10.2. The van der Waals surface area contributed by atoms with Gasteiger partial charge in [-0.1, -0.05) is 13.8 Å². The Labute approximate surface area is 129 Å². The number of aliphatic hydroxyl groups excluding tert-OH is 4. The van der Waals surface area contributed by atoms with Gasteiger partial charge in [-0.05, 0) is 0 Å². The van der Waals surface area contributed by atoms with Crippen LogP contribution in [0.4, 0.5) is 0 Å². The molecule has 128 valence electrons. The van der Waals surface area contributed by atoms with E-state index in [1.807, 2.05) is 0 Å². The highest BCUT2D eigenvalue weighted by Gasteiger charge is 2.25. The molecular formula is C14H24O8. The highest BCUT2D eigenvalue weighted by atomic mass is 16.5. The first-order valence-electron chi connectivity index (χ1n) is 6.69. The standard InChI is InChI=1S/C14H24O8/c1-13(5-15,6-16)9-21-11(19)3-4-12(20)22-10-14(2,7-17)8-18/h3-4,15-18H,5-10H2,1-2H3/b4-3-. The number of rotatable bonds is 10. The lowest BCUT2D eigenvalue weighted by atomic mass is 9.94. The summed E-state index contributed by atoms with van der Waals surface area (Å²) in [6.45, 7) is 1.22. The van der Waals surface area contributed by atoms with Crippen molar-refractivity contribution in [1.82, 2.24) is 0 Å². The van der Waals surface area contributed by atoms with E-state index in [1.54, 1.807) is 0 Å². The molecule has 0 fully saturated rings. The van der Waals surface area contributed by atoms with Crippen LogP contribution in [0.1, 0.15) is 13.8 Å². The van der Waals surface area contributed by atoms with Gasteiger partial charge in [0.1, 0.15) is 13.2 Å². The van der Waals surface area contributed by atoms with Gasteiger partial charge in [0.25, 0.3) is 0 Å². The molecule has 0 aromatic rings. The Hall–Kier alpha value is -1.48. The summed E-state index contributed by atoms with van der Waals surface area (Å²) >= 11 is 0. The van der Waals surface area contributed by atoms with Gasteiger partial charge in [-0.3, -0.25) is 0 Å². The number of esters is 2. The van der Waals surface area contributed by atoms with Crippen LogP contribution in [0.15, 0.2) is 12.2 Å². The third kappa shape index (κ3) is 7.51. The van der Waals surface area contributed by atoms with E-state index in [2.05, 4.69) is 0 Å². The lowest BCUT2D eigenvalue weighted by Crippen LogP contribution is -2.32. The van der Waals surface area contributed by atoms with Crippen LogP contribution >= 0.6 is 0 Å². The topological polar surface area (TPSA) is 134 Å². The molecule has 8 nitrogen and oxygen atoms in total. The van der Waals surface area contributed by atoms with Crippen molar-refractivity contribution in [3.8, 4) is 0 Å². The summed E-state index contributed by atoms with van der Waals surface area (Å²) in [5, 5.41) is 36.1. The third-order valence-corrected chi connectivity index (χ3v) is 3.01. The number of ether oxygens (including phenoxy) is 2. The Bertz CT molecular complexity index is 346. The zero-order valence-corrected chi connectivity index (χ0v) is 12.8. The first-order valence-corrected chi connectivity index (χ1v) is 6.69. The lowest BCUT2D eigenvalue weighted by Gasteiger charge is -2.23. The molecule has 0 atom stereocenters. The molecule has 0 aromatic heterocycles. The fourth-order valence-corrected chi connectivity index (χ4v) is 1.01. The molecule has 8 heteroatoms. The predicted octanol–water partition coefficient (Wildman–Crippen LogP) is -1.39. The minimum absolute atomic E-state index is 0.203. The van der Waals surface area contributed by atoms with E-state index >= 15 is 0 Å². The van der Waals surface area contributed by atoms with Crippen molar-refractivity contribution < 1.29 is 39.5 Å². The van der Waals surface area contributed by atoms with Crippen LogP contribution in [0.25, 0.3) is 0 Å². The number of aliphatic hydroxyl groups is 4. The lowest BCUT2D eigenvalue weighted by molar-refractivity contribution is -0.145. The van der Waals surface area contributed by atoms with E-state index in [0.717, 1.165) is 12.2 Å². The molecular weight excluding hydrogens is 296 g/mol. The maximum absolute atomic E-state index is 11.4. The Balaban J connectivity index is 4.25. The average molecular weight is 320 g/mol. The molecule has 4 N–H and O–H groups in total. The second kappa shape index (κ2) is 9.52. The molecule has 0 radical (unpaired) electrons. The number of hydrogen-bond acceptors (Lipinski definition) is 8. The van der Waals surface area contributed by atoms with Crippen molar-refractivity contribution >= 4 is 11.9 Å². The van der Waals surface area contributed by atoms with Gasteiger partial charge in [-0.2, -0.15) is 0 Å². The summed E-state index contributed by atoms with van der Waals surface area (Å²) in [5.41, 5.74) is -1.90. The normalized spacial score (nSPS) is 12.5. The molecule has 0 aliphatic carbocycles. The summed E-state index contributed by atoms with van der Waals surface area (Å²) in [4.78, 5) is 22.8. The summed E-state index contributed by atoms with van der Waals surface area (Å²) in [5.74, 6) is -1.64. The van der Waals surface area contributed by atoms with Crippen LogP contribution in [0.3, 0.4) is 0 Å². The zero-order chi connectivity index (χ0) is 17.2. The molecule has 0 amide bonds. The number of carbonyl (C=O) groups is 2. The van der Waals surface area contributed by atoms with Crippen LogP contribution in [-0.2, 0) is 19.1 Å². The van der Waals surface area contributed by atoms with Gasteiger partial charge in [-0.15, -0.1) is 0 Å². The van der Waals surface area contributed by atoms with Gasteiger partial charge < -0.3 is 29.9 Å². The van der Waals surface area contributed by atoms with Gasteiger partial charge in [0, 0.05) is 23.0 Å². The van der Waals surface area contributed by atoms with E-state index < -0.39 is 22.8 Å². The molecule has 22 heavy (non-hydrogen) atoms. The zero-order valence-electron chi connectivity index (χ0n) is 12.8. The van der Waals surface area contributed by atoms with Crippen molar-refractivity contribution in [1.29, 1.82) is 0 Å². The molecule has 0 aromatic carbocycles. The third-order valence-electron chi connectivity index (χ3n) is 3.01. The molecule has 0 aliphatic heterocycles. The van der Waals surface area contributed by atoms with Crippen LogP contribution in [0, 0.1) is 10.8 Å². The van der Waals surface area contributed by atoms with E-state index in [0.29, 0.717) is 0 Å². The first kappa shape index (κ1) is 20.5. The summed E-state index contributed by atoms with van der Waals surface area (Å²) in [6, 6.07) is 0. The molecule has 0 unspecified atom stereocenters. The summed E-state index contributed by atoms with van der Waals surface area (Å²) in [6.07, 6.45) is 1.71. The number of hydrogen-bond donors (Lipinski definition) is 4. The Morgan fingerprint density at radius 1 is 0.773 bits per heavy atom. The minimum Gasteiger partial charge on any atom is -0.462 e. The predicted molar refractivity (Wildman–Crippen MR) is 75.6 cm³/mol. The minimum atomic E-state index is -0.950. The molecule has 0 rings (SSSR count). The highest BCUT2D eigenvalue weighted by molar-refractivity contribution is 5.91. The summed E-state index contributed by atoms with van der Waals surface area (Å²) in [7, 11) is 0. The SMILES string of the molecule is CC(CO)(CO)COC(=O)/C=C\C(=O)OCC(C)(CO)CO. The maximum Gasteiger partial charge on any atom is 0.331 e. The molecule has 0 saturated heterocycles. The monoisotopic (exact) mass is 320 g/mol. The van der Waals surface area contributed by atoms with Crippen molar-refractivity contribution in [2.45, 2.75) is 13.8 Å². The fraction of sp³-hybridized carbons (Fsp3) is 0.714. The van der Waals surface area contributed by atoms with Gasteiger partial charge in [-0.25, -0.2) is 9.59 Å². The van der Waals surface area contributed by atoms with Crippen LogP contribution in [-0.4, -0.2) is 72.0 Å². The molecule has 0 spiro atoms. The Morgan fingerprint density at radius 3 is 1.27 bits per heavy atom. The smallest absolute Gasteiger partial charge is 0.331 e. The van der Waals surface area contributed by atoms with E-state index in [9.17, 15) is 9.59 Å². The van der Waals surface area contributed by atoms with Crippen molar-refractivity contribution in [2.24, 2.45) is 10.8 Å². The van der Waals surface area contributed by atoms with Crippen molar-refractivity contribution in [3.05, 3.63) is 12.2 Å². The van der Waals surface area contributed by atoms with E-state index in [1.165, 1.54) is 13.8 Å². The fourth-order valence-electron chi connectivity index (χ4n) is 1.01. The van der Waals surface area contributed by atoms with E-state index in [4.69, 9.17) is 29.9 Å². The van der Waals surface area contributed by atoms with Crippen LogP contribution in [0.2, 0.25) is 0 Å². The van der Waals surface area contributed by atoms with Gasteiger partial charge in [0.2, 0.25) is 0 Å². The second-order valence-corrected chi connectivity index (χ2v) is 5.80. The summed E-state index contributed by atoms with van der Waals surface area (Å²) < 4.78 is 9.59. The molecule has 0 bridgehead atoms. The van der Waals surface area contributed by atoms with Gasteiger partial charge in [0.15, 0.2) is 0 Å². The second-order valence-electron chi connectivity index (χ2n) is 5.80. The van der Waals surface area contributed by atoms with Gasteiger partial charge >= 0.3 is 11.9 Å². The Morgan fingerprint density at radius 2 is 1.05 bits per heavy atom. The van der Waals surface area contributed by atoms with E-state index in [-0.39, 0.29) is 39.6 Å². The quantitative estimate of drug-likeness (QED) is 0.286. The van der Waals surface area contributed by atoms with Crippen LogP contribution in [0.5, 0.6) is 0 Å². The highest BCUT2D eigenvalue weighted by Crippen LogP contribution is 2.15. The van der Waals surface area contributed by atoms with Gasteiger partial charge in [0.05, 0.1) is 26.4 Å². The number of carbonyl (C=O) groups excluding carboxylic acids is 2. The van der Waals surface area contributed by atoms with Crippen molar-refractivity contribution in [3.63, 3.8) is 0 Å². The average Bonchev–Trinajstić information content (AvgIpc) is 2.55. The molecule has 0 aliphatic rings. The largest absolute Gasteiger partial charge is 0.462 e. The van der Waals surface area contributed by atoms with Crippen LogP contribution < -0.4 is 0 Å². The Kier molecular flexibility index (Phi) is 8.88. The molecule has 0 heterocycles.